The molecule has 57 heavy (non-hydrogen) atoms. The summed E-state index contributed by atoms with van der Waals surface area (Å²) >= 11 is 0. The smallest absolute Gasteiger partial charge is 0.164 e. The second-order valence-corrected chi connectivity index (χ2v) is 13.9. The zero-order valence-corrected chi connectivity index (χ0v) is 30.6. The van der Waals surface area contributed by atoms with Crippen molar-refractivity contribution in [2.75, 3.05) is 0 Å². The number of nitrogens with zero attached hydrogens (tertiary/aromatic N) is 3. The fraction of sp³-hybridized carbons (Fsp3) is 0. The standard InChI is InChI=1S/C45H20B9N3/c46-34-32-30(36(48)40(52)42(54)38(32)50)29-31(37(49)41(53)39(51)35(29)47)33(34)45-56-43(22-12-5-2-6-13-22)55-44(57-45)24-15-9-14-23(20-24)26-19-18-25(21-10-3-1-4-11-21)27-16-7-8-17-28(26)27/h1-20H. The molecule has 0 spiro atoms. The van der Waals surface area contributed by atoms with E-state index in [2.05, 4.69) is 54.6 Å². The van der Waals surface area contributed by atoms with Crippen LogP contribution in [0.3, 0.4) is 0 Å². The zero-order chi connectivity index (χ0) is 39.7. The molecule has 3 nitrogen and oxygen atoms in total. The molecule has 8 aromatic carbocycles. The molecule has 0 aliphatic carbocycles. The highest BCUT2D eigenvalue weighted by Crippen LogP contribution is 2.37. The summed E-state index contributed by atoms with van der Waals surface area (Å²) in [7, 11) is 59.6. The molecule has 0 amide bonds. The maximum Gasteiger partial charge on any atom is 0.164 e. The van der Waals surface area contributed by atoms with Gasteiger partial charge in [-0.05, 0) is 60.6 Å². The molecule has 0 fully saturated rings. The van der Waals surface area contributed by atoms with E-state index in [1.54, 1.807) is 0 Å². The normalized spacial score (nSPS) is 11.4. The molecule has 1 aromatic heterocycles. The molecule has 242 valence electrons. The molecule has 0 N–H and O–H groups in total. The number of benzene rings is 8. The van der Waals surface area contributed by atoms with Gasteiger partial charge in [-0.25, -0.2) is 15.0 Å². The van der Waals surface area contributed by atoms with Gasteiger partial charge in [0.2, 0.25) is 0 Å². The Morgan fingerprint density at radius 2 is 0.684 bits per heavy atom. The monoisotopic (exact) mass is 701 g/mol. The third kappa shape index (κ3) is 5.92. The Bertz CT molecular complexity index is 3120. The molecule has 12 heteroatoms. The number of hydrogen-bond acceptors (Lipinski definition) is 3. The summed E-state index contributed by atoms with van der Waals surface area (Å²) < 4.78 is 0. The highest BCUT2D eigenvalue weighted by Gasteiger charge is 2.24. The van der Waals surface area contributed by atoms with Crippen LogP contribution in [0.2, 0.25) is 0 Å². The summed E-state index contributed by atoms with van der Waals surface area (Å²) in [5.41, 5.74) is 6.88. The van der Waals surface area contributed by atoms with E-state index < -0.39 is 0 Å². The molecular weight excluding hydrogens is 680 g/mol. The molecule has 0 aliphatic rings. The van der Waals surface area contributed by atoms with Crippen LogP contribution in [0.1, 0.15) is 0 Å². The van der Waals surface area contributed by atoms with Gasteiger partial charge >= 0.3 is 0 Å². The summed E-state index contributed by atoms with van der Waals surface area (Å²) in [6.07, 6.45) is 0. The molecule has 18 radical (unpaired) electrons. The van der Waals surface area contributed by atoms with E-state index in [1.165, 1.54) is 0 Å². The van der Waals surface area contributed by atoms with Gasteiger partial charge in [0, 0.05) is 16.7 Å². The Morgan fingerprint density at radius 3 is 1.26 bits per heavy atom. The average Bonchev–Trinajstić information content (AvgIpc) is 3.25. The van der Waals surface area contributed by atoms with Crippen molar-refractivity contribution in [3.8, 4) is 56.4 Å². The number of aromatic nitrogens is 3. The van der Waals surface area contributed by atoms with Crippen LogP contribution in [0, 0.1) is 0 Å². The maximum absolute atomic E-state index is 7.10. The van der Waals surface area contributed by atoms with E-state index in [1.807, 2.05) is 66.7 Å². The lowest BCUT2D eigenvalue weighted by Crippen LogP contribution is -2.51. The van der Waals surface area contributed by atoms with Gasteiger partial charge < -0.3 is 0 Å². The van der Waals surface area contributed by atoms with Crippen molar-refractivity contribution in [1.82, 2.24) is 15.0 Å². The summed E-state index contributed by atoms with van der Waals surface area (Å²) in [5.74, 6) is 0.929. The molecule has 1 heterocycles. The van der Waals surface area contributed by atoms with E-state index in [0.717, 1.165) is 44.2 Å². The van der Waals surface area contributed by atoms with E-state index in [4.69, 9.17) is 85.6 Å². The summed E-state index contributed by atoms with van der Waals surface area (Å²) in [5, 5.41) is 3.54. The zero-order valence-electron chi connectivity index (χ0n) is 30.6. The van der Waals surface area contributed by atoms with E-state index in [9.17, 15) is 0 Å². The average molecular weight is 700 g/mol. The van der Waals surface area contributed by atoms with Gasteiger partial charge in [0.05, 0.1) is 0 Å². The minimum Gasteiger partial charge on any atom is -0.208 e. The van der Waals surface area contributed by atoms with Crippen LogP contribution in [-0.4, -0.2) is 85.6 Å². The lowest BCUT2D eigenvalue weighted by molar-refractivity contribution is 1.08. The quantitative estimate of drug-likeness (QED) is 0.198. The fourth-order valence-corrected chi connectivity index (χ4v) is 7.79. The van der Waals surface area contributed by atoms with Crippen LogP contribution in [0.4, 0.5) is 0 Å². The highest BCUT2D eigenvalue weighted by atomic mass is 15.0. The number of fused-ring (bicyclic) bond motifs is 4. The van der Waals surface area contributed by atoms with Gasteiger partial charge in [0.15, 0.2) is 17.5 Å². The minimum absolute atomic E-state index is 0.0609. The molecule has 0 saturated carbocycles. The van der Waals surface area contributed by atoms with E-state index in [-0.39, 0.29) is 55.0 Å². The second kappa shape index (κ2) is 14.3. The van der Waals surface area contributed by atoms with Crippen molar-refractivity contribution in [2.45, 2.75) is 0 Å². The predicted octanol–water partition coefficient (Wildman–Crippen LogP) is 0.810. The van der Waals surface area contributed by atoms with Crippen LogP contribution in [-0.2, 0) is 0 Å². The molecule has 0 unspecified atom stereocenters. The van der Waals surface area contributed by atoms with Gasteiger partial charge in [-0.2, -0.15) is 0 Å². The van der Waals surface area contributed by atoms with Gasteiger partial charge in [0.25, 0.3) is 0 Å². The molecule has 0 saturated heterocycles. The van der Waals surface area contributed by atoms with E-state index >= 15 is 0 Å². The first kappa shape index (κ1) is 36.8. The molecule has 9 rings (SSSR count). The van der Waals surface area contributed by atoms with Crippen LogP contribution in [0.5, 0.6) is 0 Å². The molecule has 0 atom stereocenters. The van der Waals surface area contributed by atoms with Crippen LogP contribution in [0.25, 0.3) is 88.7 Å². The van der Waals surface area contributed by atoms with Gasteiger partial charge in [-0.1, -0.05) is 143 Å². The van der Waals surface area contributed by atoms with Gasteiger partial charge in [-0.3, -0.25) is 0 Å². The SMILES string of the molecule is [B]c1c([B])c([B])c2c(c1[B])c([B])c(-c1nc(-c3ccccc3)nc(-c3cccc(-c4ccc(-c5ccccc5)c5ccccc45)c3)n1)c1c([B])c([B])c([B])c([B])c12. The summed E-state index contributed by atoms with van der Waals surface area (Å²) in [6.45, 7) is 0. The number of hydrogen-bond donors (Lipinski definition) is 0. The van der Waals surface area contributed by atoms with Crippen molar-refractivity contribution in [1.29, 1.82) is 0 Å². The summed E-state index contributed by atoms with van der Waals surface area (Å²) in [6, 6.07) is 40.7. The highest BCUT2D eigenvalue weighted by molar-refractivity contribution is 6.73. The Kier molecular flexibility index (Phi) is 9.19. The van der Waals surface area contributed by atoms with Crippen LogP contribution in [0.15, 0.2) is 121 Å². The lowest BCUT2D eigenvalue weighted by atomic mass is 9.58. The first-order chi connectivity index (χ1) is 27.5. The topological polar surface area (TPSA) is 38.7 Å². The van der Waals surface area contributed by atoms with Crippen molar-refractivity contribution < 1.29 is 0 Å². The fourth-order valence-electron chi connectivity index (χ4n) is 7.79. The van der Waals surface area contributed by atoms with E-state index in [0.29, 0.717) is 38.8 Å². The van der Waals surface area contributed by atoms with Crippen molar-refractivity contribution in [3.05, 3.63) is 121 Å². The largest absolute Gasteiger partial charge is 0.208 e. The Hall–Kier alpha value is -5.87. The van der Waals surface area contributed by atoms with Crippen LogP contribution >= 0.6 is 0 Å². The summed E-state index contributed by atoms with van der Waals surface area (Å²) in [4.78, 5) is 15.1. The van der Waals surface area contributed by atoms with Crippen LogP contribution < -0.4 is 49.2 Å². The Labute approximate surface area is 343 Å². The van der Waals surface area contributed by atoms with Crippen molar-refractivity contribution in [2.24, 2.45) is 0 Å². The number of rotatable bonds is 5. The lowest BCUT2D eigenvalue weighted by Gasteiger charge is -2.27. The van der Waals surface area contributed by atoms with Gasteiger partial charge in [0.1, 0.15) is 70.6 Å². The first-order valence-electron chi connectivity index (χ1n) is 18.1. The Balaban J connectivity index is 1.33. The predicted molar refractivity (Wildman–Crippen MR) is 248 cm³/mol. The molecule has 0 bridgehead atoms. The Morgan fingerprint density at radius 1 is 0.281 bits per heavy atom. The maximum atomic E-state index is 7.10. The third-order valence-corrected chi connectivity index (χ3v) is 10.7. The van der Waals surface area contributed by atoms with Crippen molar-refractivity contribution >= 4 is 152 Å². The second-order valence-electron chi connectivity index (χ2n) is 13.9. The first-order valence-corrected chi connectivity index (χ1v) is 18.1. The molecule has 9 aromatic rings. The molecular formula is C45H20B9N3. The van der Waals surface area contributed by atoms with Crippen molar-refractivity contribution in [3.63, 3.8) is 0 Å². The minimum atomic E-state index is 0.0609. The third-order valence-electron chi connectivity index (χ3n) is 10.7. The van der Waals surface area contributed by atoms with Gasteiger partial charge in [-0.15, -0.1) is 21.9 Å². The molecule has 0 aliphatic heterocycles.